The van der Waals surface area contributed by atoms with Crippen LogP contribution >= 0.6 is 0 Å². The van der Waals surface area contributed by atoms with Crippen molar-refractivity contribution in [1.29, 1.82) is 0 Å². The van der Waals surface area contributed by atoms with E-state index in [0.717, 1.165) is 6.29 Å². The van der Waals surface area contributed by atoms with E-state index in [1.807, 2.05) is 0 Å². The van der Waals surface area contributed by atoms with Crippen LogP contribution in [-0.2, 0) is 9.53 Å². The molecule has 17 heavy (non-hydrogen) atoms. The summed E-state index contributed by atoms with van der Waals surface area (Å²) < 4.78 is 9.91. The predicted molar refractivity (Wildman–Crippen MR) is 63.1 cm³/mol. The average molecular weight is 234 g/mol. The molecule has 0 heterocycles. The standard InChI is InChI=1S/C13H14O4/c1-10(13(15)16-2)6-7-17-12-5-3-4-11(8-12)9-14/h3-6,8-9H,7H2,1-2H3. The van der Waals surface area contributed by atoms with Crippen LogP contribution < -0.4 is 4.74 Å². The van der Waals surface area contributed by atoms with E-state index in [1.54, 1.807) is 37.3 Å². The molecule has 0 spiro atoms. The fourth-order valence-electron chi connectivity index (χ4n) is 1.18. The molecule has 0 aromatic heterocycles. The van der Waals surface area contributed by atoms with Crippen molar-refractivity contribution in [2.45, 2.75) is 6.92 Å². The molecule has 0 aliphatic rings. The minimum absolute atomic E-state index is 0.253. The number of hydrogen-bond donors (Lipinski definition) is 0. The van der Waals surface area contributed by atoms with Crippen molar-refractivity contribution < 1.29 is 19.1 Å². The minimum Gasteiger partial charge on any atom is -0.489 e. The number of carbonyl (C=O) groups excluding carboxylic acids is 2. The van der Waals surface area contributed by atoms with Crippen molar-refractivity contribution in [3.8, 4) is 5.75 Å². The Morgan fingerprint density at radius 3 is 2.82 bits per heavy atom. The van der Waals surface area contributed by atoms with Gasteiger partial charge < -0.3 is 9.47 Å². The zero-order chi connectivity index (χ0) is 12.7. The molecule has 1 aromatic rings. The number of methoxy groups -OCH3 is 1. The first kappa shape index (κ1) is 13.0. The normalized spacial score (nSPS) is 10.8. The molecule has 0 fully saturated rings. The Kier molecular flexibility index (Phi) is 4.94. The number of rotatable bonds is 5. The number of benzene rings is 1. The lowest BCUT2D eigenvalue weighted by atomic mass is 10.2. The monoisotopic (exact) mass is 234 g/mol. The summed E-state index contributed by atoms with van der Waals surface area (Å²) in [5, 5.41) is 0. The van der Waals surface area contributed by atoms with Gasteiger partial charge in [-0.25, -0.2) is 4.79 Å². The molecule has 0 atom stereocenters. The van der Waals surface area contributed by atoms with Crippen LogP contribution in [0.2, 0.25) is 0 Å². The fraction of sp³-hybridized carbons (Fsp3) is 0.231. The number of carbonyl (C=O) groups is 2. The predicted octanol–water partition coefficient (Wildman–Crippen LogP) is 2.00. The molecule has 0 saturated heterocycles. The first-order chi connectivity index (χ1) is 8.17. The third-order valence-electron chi connectivity index (χ3n) is 2.14. The molecule has 4 nitrogen and oxygen atoms in total. The molecule has 1 aromatic carbocycles. The highest BCUT2D eigenvalue weighted by Gasteiger charge is 2.02. The molecular formula is C13H14O4. The molecule has 0 bridgehead atoms. The third kappa shape index (κ3) is 4.10. The Morgan fingerprint density at radius 2 is 2.18 bits per heavy atom. The zero-order valence-electron chi connectivity index (χ0n) is 9.80. The first-order valence-corrected chi connectivity index (χ1v) is 5.10. The van der Waals surface area contributed by atoms with Crippen molar-refractivity contribution in [1.82, 2.24) is 0 Å². The van der Waals surface area contributed by atoms with Gasteiger partial charge in [-0.05, 0) is 25.1 Å². The molecule has 0 N–H and O–H groups in total. The lowest BCUT2D eigenvalue weighted by molar-refractivity contribution is -0.136. The van der Waals surface area contributed by atoms with Crippen molar-refractivity contribution in [2.24, 2.45) is 0 Å². The largest absolute Gasteiger partial charge is 0.489 e. The van der Waals surface area contributed by atoms with Crippen LogP contribution in [0.3, 0.4) is 0 Å². The van der Waals surface area contributed by atoms with E-state index < -0.39 is 0 Å². The topological polar surface area (TPSA) is 52.6 Å². The highest BCUT2D eigenvalue weighted by atomic mass is 16.5. The Labute approximate surface area is 99.8 Å². The van der Waals surface area contributed by atoms with Crippen molar-refractivity contribution in [3.05, 3.63) is 41.5 Å². The number of esters is 1. The summed E-state index contributed by atoms with van der Waals surface area (Å²) in [5.74, 6) is 0.207. The van der Waals surface area contributed by atoms with E-state index in [2.05, 4.69) is 4.74 Å². The molecule has 0 aliphatic carbocycles. The van der Waals surface area contributed by atoms with Gasteiger partial charge in [0, 0.05) is 11.1 Å². The van der Waals surface area contributed by atoms with Gasteiger partial charge in [-0.1, -0.05) is 12.1 Å². The third-order valence-corrected chi connectivity index (χ3v) is 2.14. The maximum Gasteiger partial charge on any atom is 0.333 e. The van der Waals surface area contributed by atoms with Gasteiger partial charge in [-0.2, -0.15) is 0 Å². The summed E-state index contributed by atoms with van der Waals surface area (Å²) in [7, 11) is 1.33. The highest BCUT2D eigenvalue weighted by Crippen LogP contribution is 2.12. The lowest BCUT2D eigenvalue weighted by Gasteiger charge is -2.04. The molecule has 0 aliphatic heterocycles. The van der Waals surface area contributed by atoms with Crippen LogP contribution in [0.1, 0.15) is 17.3 Å². The van der Waals surface area contributed by atoms with Gasteiger partial charge in [-0.15, -0.1) is 0 Å². The Hall–Kier alpha value is -2.10. The highest BCUT2D eigenvalue weighted by molar-refractivity contribution is 5.87. The molecule has 0 unspecified atom stereocenters. The van der Waals surface area contributed by atoms with E-state index in [4.69, 9.17) is 4.74 Å². The molecule has 0 amide bonds. The molecule has 90 valence electrons. The van der Waals surface area contributed by atoms with Gasteiger partial charge in [0.25, 0.3) is 0 Å². The van der Waals surface area contributed by atoms with Crippen LogP contribution in [0.15, 0.2) is 35.9 Å². The summed E-state index contributed by atoms with van der Waals surface area (Å²) in [6.45, 7) is 1.90. The van der Waals surface area contributed by atoms with Crippen LogP contribution in [-0.4, -0.2) is 26.0 Å². The van der Waals surface area contributed by atoms with Gasteiger partial charge in [0.1, 0.15) is 18.6 Å². The van der Waals surface area contributed by atoms with E-state index in [0.29, 0.717) is 16.9 Å². The smallest absolute Gasteiger partial charge is 0.333 e. The molecule has 0 saturated carbocycles. The van der Waals surface area contributed by atoms with Crippen LogP contribution in [0.25, 0.3) is 0 Å². The maximum absolute atomic E-state index is 11.1. The second-order valence-electron chi connectivity index (χ2n) is 3.38. The van der Waals surface area contributed by atoms with Gasteiger partial charge in [0.05, 0.1) is 7.11 Å². The molecule has 0 radical (unpaired) electrons. The van der Waals surface area contributed by atoms with Gasteiger partial charge in [0.2, 0.25) is 0 Å². The zero-order valence-corrected chi connectivity index (χ0v) is 9.80. The minimum atomic E-state index is -0.379. The Bertz CT molecular complexity index is 435. The Morgan fingerprint density at radius 1 is 1.41 bits per heavy atom. The van der Waals surface area contributed by atoms with Gasteiger partial charge >= 0.3 is 5.97 Å². The lowest BCUT2D eigenvalue weighted by Crippen LogP contribution is -2.04. The van der Waals surface area contributed by atoms with E-state index in [9.17, 15) is 9.59 Å². The average Bonchev–Trinajstić information content (AvgIpc) is 2.37. The van der Waals surface area contributed by atoms with Gasteiger partial charge in [-0.3, -0.25) is 4.79 Å². The van der Waals surface area contributed by atoms with Gasteiger partial charge in [0.15, 0.2) is 0 Å². The van der Waals surface area contributed by atoms with E-state index >= 15 is 0 Å². The summed E-state index contributed by atoms with van der Waals surface area (Å²) in [6.07, 6.45) is 2.38. The fourth-order valence-corrected chi connectivity index (χ4v) is 1.18. The maximum atomic E-state index is 11.1. The Balaban J connectivity index is 2.56. The summed E-state index contributed by atoms with van der Waals surface area (Å²) in [4.78, 5) is 21.6. The SMILES string of the molecule is COC(=O)C(C)=CCOc1cccc(C=O)c1. The van der Waals surface area contributed by atoms with Crippen LogP contribution in [0.4, 0.5) is 0 Å². The number of aldehydes is 1. The molecule has 4 heteroatoms. The van der Waals surface area contributed by atoms with Crippen LogP contribution in [0.5, 0.6) is 5.75 Å². The second-order valence-corrected chi connectivity index (χ2v) is 3.38. The van der Waals surface area contributed by atoms with E-state index in [-0.39, 0.29) is 12.6 Å². The van der Waals surface area contributed by atoms with E-state index in [1.165, 1.54) is 7.11 Å². The molecule has 1 rings (SSSR count). The number of hydrogen-bond acceptors (Lipinski definition) is 4. The van der Waals surface area contributed by atoms with Crippen LogP contribution in [0, 0.1) is 0 Å². The summed E-state index contributed by atoms with van der Waals surface area (Å²) in [5.41, 5.74) is 1.04. The number of ether oxygens (including phenoxy) is 2. The summed E-state index contributed by atoms with van der Waals surface area (Å²) in [6, 6.07) is 6.80. The van der Waals surface area contributed by atoms with Crippen molar-refractivity contribution in [2.75, 3.05) is 13.7 Å². The molecular weight excluding hydrogens is 220 g/mol. The first-order valence-electron chi connectivity index (χ1n) is 5.10. The van der Waals surface area contributed by atoms with Crippen molar-refractivity contribution in [3.63, 3.8) is 0 Å². The second kappa shape index (κ2) is 6.48. The summed E-state index contributed by atoms with van der Waals surface area (Å²) >= 11 is 0. The quantitative estimate of drug-likeness (QED) is 0.444. The van der Waals surface area contributed by atoms with Crippen molar-refractivity contribution >= 4 is 12.3 Å².